The molecule has 0 spiro atoms. The highest BCUT2D eigenvalue weighted by Gasteiger charge is 2.49. The molecule has 4 amide bonds. The lowest BCUT2D eigenvalue weighted by Gasteiger charge is -2.23. The first kappa shape index (κ1) is 22.3. The van der Waals surface area contributed by atoms with Gasteiger partial charge in [0.1, 0.15) is 12.1 Å². The van der Waals surface area contributed by atoms with Crippen LogP contribution in [0.15, 0.2) is 36.4 Å². The number of nitrogens with zero attached hydrogens (tertiary/aromatic N) is 1. The summed E-state index contributed by atoms with van der Waals surface area (Å²) < 4.78 is 21.7. The molecule has 1 unspecified atom stereocenters. The van der Waals surface area contributed by atoms with E-state index in [2.05, 4.69) is 10.6 Å². The first-order valence-corrected chi connectivity index (χ1v) is 10.4. The second kappa shape index (κ2) is 8.89. The Morgan fingerprint density at radius 3 is 2.52 bits per heavy atom. The van der Waals surface area contributed by atoms with Gasteiger partial charge in [-0.15, -0.1) is 0 Å². The minimum absolute atomic E-state index is 0.437. The molecule has 10 heteroatoms. The summed E-state index contributed by atoms with van der Waals surface area (Å²) in [5.74, 6) is 0.974. The Kier molecular flexibility index (Phi) is 5.99. The average molecular weight is 455 g/mol. The summed E-state index contributed by atoms with van der Waals surface area (Å²) in [6.07, 6.45) is 0.750. The van der Waals surface area contributed by atoms with Crippen molar-refractivity contribution in [1.29, 1.82) is 0 Å². The average Bonchev–Trinajstić information content (AvgIpc) is 2.96. The zero-order chi connectivity index (χ0) is 23.6. The van der Waals surface area contributed by atoms with Crippen molar-refractivity contribution in [3.63, 3.8) is 0 Å². The minimum Gasteiger partial charge on any atom is -0.493 e. The van der Waals surface area contributed by atoms with E-state index < -0.39 is 29.9 Å². The number of benzene rings is 2. The van der Waals surface area contributed by atoms with Gasteiger partial charge in [-0.05, 0) is 36.8 Å². The molecule has 0 saturated carbocycles. The second-order valence-corrected chi connectivity index (χ2v) is 7.78. The molecule has 2 aliphatic rings. The van der Waals surface area contributed by atoms with Crippen LogP contribution in [0.1, 0.15) is 18.9 Å². The van der Waals surface area contributed by atoms with Gasteiger partial charge in [-0.25, -0.2) is 4.79 Å². The van der Waals surface area contributed by atoms with E-state index in [4.69, 9.17) is 18.9 Å². The van der Waals surface area contributed by atoms with Crippen molar-refractivity contribution in [2.75, 3.05) is 39.3 Å². The van der Waals surface area contributed by atoms with Crippen molar-refractivity contribution >= 4 is 23.5 Å². The van der Waals surface area contributed by atoms with Crippen molar-refractivity contribution in [2.24, 2.45) is 0 Å². The molecule has 2 aliphatic heterocycles. The Morgan fingerprint density at radius 1 is 1.06 bits per heavy atom. The number of carbonyl (C=O) groups excluding carboxylic acids is 3. The number of nitrogens with one attached hydrogen (secondary N) is 2. The predicted molar refractivity (Wildman–Crippen MR) is 118 cm³/mol. The summed E-state index contributed by atoms with van der Waals surface area (Å²) in [4.78, 5) is 39.3. The third-order valence-electron chi connectivity index (χ3n) is 5.57. The molecule has 0 aromatic heterocycles. The summed E-state index contributed by atoms with van der Waals surface area (Å²) in [6.45, 7) is 2.19. The van der Waals surface area contributed by atoms with Crippen LogP contribution in [0.25, 0.3) is 0 Å². The number of fused-ring (bicyclic) bond motifs is 1. The minimum atomic E-state index is -1.34. The topological polar surface area (TPSA) is 115 Å². The van der Waals surface area contributed by atoms with Gasteiger partial charge in [0.25, 0.3) is 5.91 Å². The lowest BCUT2D eigenvalue weighted by Crippen LogP contribution is -2.42. The molecule has 33 heavy (non-hydrogen) atoms. The number of methoxy groups -OCH3 is 2. The Hall–Kier alpha value is -3.95. The van der Waals surface area contributed by atoms with Crippen LogP contribution >= 0.6 is 0 Å². The Morgan fingerprint density at radius 2 is 1.79 bits per heavy atom. The predicted octanol–water partition coefficient (Wildman–Crippen LogP) is 2.27. The van der Waals surface area contributed by atoms with Gasteiger partial charge >= 0.3 is 6.03 Å². The molecule has 4 rings (SSSR count). The van der Waals surface area contributed by atoms with Crippen LogP contribution in [0.2, 0.25) is 0 Å². The normalized spacial score (nSPS) is 19.5. The first-order valence-electron chi connectivity index (χ1n) is 10.4. The van der Waals surface area contributed by atoms with Gasteiger partial charge in [-0.1, -0.05) is 6.07 Å². The van der Waals surface area contributed by atoms with Crippen molar-refractivity contribution in [3.8, 4) is 23.0 Å². The molecule has 2 aromatic rings. The van der Waals surface area contributed by atoms with Crippen molar-refractivity contribution in [1.82, 2.24) is 10.2 Å². The second-order valence-electron chi connectivity index (χ2n) is 7.78. The van der Waals surface area contributed by atoms with Gasteiger partial charge in [-0.3, -0.25) is 14.5 Å². The first-order chi connectivity index (χ1) is 15.9. The van der Waals surface area contributed by atoms with Crippen LogP contribution in [-0.4, -0.2) is 56.7 Å². The lowest BCUT2D eigenvalue weighted by molar-refractivity contribution is -0.133. The Balaban J connectivity index is 1.49. The van der Waals surface area contributed by atoms with E-state index in [9.17, 15) is 14.4 Å². The number of imide groups is 1. The number of ether oxygens (including phenoxy) is 4. The number of carbonyl (C=O) groups is 3. The number of urea groups is 1. The highest BCUT2D eigenvalue weighted by atomic mass is 16.5. The third kappa shape index (κ3) is 4.23. The quantitative estimate of drug-likeness (QED) is 0.642. The lowest BCUT2D eigenvalue weighted by atomic mass is 9.91. The number of hydrogen-bond acceptors (Lipinski definition) is 7. The molecule has 0 bridgehead atoms. The molecule has 1 fully saturated rings. The number of rotatable bonds is 6. The molecule has 2 heterocycles. The molecule has 2 N–H and O–H groups in total. The zero-order valence-electron chi connectivity index (χ0n) is 18.6. The highest BCUT2D eigenvalue weighted by Crippen LogP contribution is 2.36. The van der Waals surface area contributed by atoms with Crippen LogP contribution in [0, 0.1) is 0 Å². The van der Waals surface area contributed by atoms with Crippen LogP contribution in [0.3, 0.4) is 0 Å². The number of hydrogen-bond donors (Lipinski definition) is 2. The monoisotopic (exact) mass is 455 g/mol. The summed E-state index contributed by atoms with van der Waals surface area (Å²) in [6, 6.07) is 9.32. The summed E-state index contributed by atoms with van der Waals surface area (Å²) >= 11 is 0. The molecule has 0 radical (unpaired) electrons. The van der Waals surface area contributed by atoms with Gasteiger partial charge in [-0.2, -0.15) is 0 Å². The Labute approximate surface area is 190 Å². The number of anilines is 1. The van der Waals surface area contributed by atoms with Gasteiger partial charge < -0.3 is 29.6 Å². The van der Waals surface area contributed by atoms with Gasteiger partial charge in [0, 0.05) is 18.2 Å². The molecule has 174 valence electrons. The largest absolute Gasteiger partial charge is 0.493 e. The summed E-state index contributed by atoms with van der Waals surface area (Å²) in [5, 5.41) is 5.36. The van der Waals surface area contributed by atoms with Gasteiger partial charge in [0.2, 0.25) is 5.91 Å². The highest BCUT2D eigenvalue weighted by molar-refractivity contribution is 6.10. The van der Waals surface area contributed by atoms with E-state index in [1.165, 1.54) is 14.2 Å². The van der Waals surface area contributed by atoms with E-state index in [1.807, 2.05) is 0 Å². The molecule has 2 aromatic carbocycles. The fraction of sp³-hybridized carbons (Fsp3) is 0.348. The van der Waals surface area contributed by atoms with Crippen LogP contribution in [0.5, 0.6) is 23.0 Å². The summed E-state index contributed by atoms with van der Waals surface area (Å²) in [5.41, 5.74) is -0.367. The molecule has 10 nitrogen and oxygen atoms in total. The SMILES string of the molecule is COc1ccc(NC(=O)CN2C(=O)NC(C)(c3ccc4c(c3)OCCCO4)C2=O)cc1OC. The van der Waals surface area contributed by atoms with Crippen LogP contribution < -0.4 is 29.6 Å². The van der Waals surface area contributed by atoms with Crippen molar-refractivity contribution < 1.29 is 33.3 Å². The van der Waals surface area contributed by atoms with E-state index >= 15 is 0 Å². The fourth-order valence-electron chi connectivity index (χ4n) is 3.77. The third-order valence-corrected chi connectivity index (χ3v) is 5.57. The van der Waals surface area contributed by atoms with Gasteiger partial charge in [0.15, 0.2) is 23.0 Å². The Bertz CT molecular complexity index is 1100. The fourth-order valence-corrected chi connectivity index (χ4v) is 3.77. The summed E-state index contributed by atoms with van der Waals surface area (Å²) in [7, 11) is 2.99. The van der Waals surface area contributed by atoms with Crippen LogP contribution in [-0.2, 0) is 15.1 Å². The van der Waals surface area contributed by atoms with E-state index in [1.54, 1.807) is 43.3 Å². The van der Waals surface area contributed by atoms with E-state index in [0.717, 1.165) is 11.3 Å². The molecule has 1 saturated heterocycles. The maximum atomic E-state index is 13.2. The van der Waals surface area contributed by atoms with Crippen molar-refractivity contribution in [3.05, 3.63) is 42.0 Å². The molecular weight excluding hydrogens is 430 g/mol. The standard InChI is InChI=1S/C23H25N3O7/c1-23(14-5-7-17-19(11-14)33-10-4-9-32-17)21(28)26(22(29)25-23)13-20(27)24-15-6-8-16(30-2)18(12-15)31-3/h5-8,11-12H,4,9-10,13H2,1-3H3,(H,24,27)(H,25,29). The molecule has 1 atom stereocenters. The zero-order valence-corrected chi connectivity index (χ0v) is 18.6. The maximum Gasteiger partial charge on any atom is 0.325 e. The van der Waals surface area contributed by atoms with Crippen molar-refractivity contribution in [2.45, 2.75) is 18.9 Å². The van der Waals surface area contributed by atoms with Crippen LogP contribution in [0.4, 0.5) is 10.5 Å². The number of amides is 4. The smallest absolute Gasteiger partial charge is 0.325 e. The van der Waals surface area contributed by atoms with Gasteiger partial charge in [0.05, 0.1) is 27.4 Å². The van der Waals surface area contributed by atoms with E-state index in [0.29, 0.717) is 47.5 Å². The molecule has 0 aliphatic carbocycles. The molecular formula is C23H25N3O7. The maximum absolute atomic E-state index is 13.2. The van der Waals surface area contributed by atoms with E-state index in [-0.39, 0.29) is 0 Å².